The van der Waals surface area contributed by atoms with E-state index in [9.17, 15) is 0 Å². The molecule has 2 heteroatoms. The van der Waals surface area contributed by atoms with E-state index >= 15 is 0 Å². The molecule has 0 aliphatic heterocycles. The lowest BCUT2D eigenvalue weighted by Gasteiger charge is -2.05. The number of H-pyrrole nitrogens is 2. The molecule has 0 saturated heterocycles. The molecular weight excluding hydrogens is 508 g/mol. The number of para-hydroxylation sites is 3. The lowest BCUT2D eigenvalue weighted by Crippen LogP contribution is -1.84. The number of benzene rings is 6. The molecular formula is C40H30N2. The molecule has 0 saturated carbocycles. The van der Waals surface area contributed by atoms with Crippen molar-refractivity contribution in [1.82, 2.24) is 9.97 Å². The number of nitrogens with one attached hydrogen (secondary N) is 2. The molecule has 6 aromatic carbocycles. The maximum atomic E-state index is 3.64. The summed E-state index contributed by atoms with van der Waals surface area (Å²) >= 11 is 0. The summed E-state index contributed by atoms with van der Waals surface area (Å²) in [5.41, 5.74) is 9.55. The Balaban J connectivity index is 0.000000183. The number of rotatable bonds is 4. The summed E-state index contributed by atoms with van der Waals surface area (Å²) in [6.45, 7) is 0. The molecule has 0 unspecified atom stereocenters. The molecule has 0 bridgehead atoms. The predicted octanol–water partition coefficient (Wildman–Crippen LogP) is 11.0. The van der Waals surface area contributed by atoms with Gasteiger partial charge in [0, 0.05) is 43.7 Å². The SMILES string of the molecule is C(=Cc1ccc2c([nH]c3ccccc32)c1C=Cc1ccccc1)c1ccccc1.c1ccc2c(c1)[nH]c1ccccc12. The first kappa shape index (κ1) is 25.4. The molecule has 200 valence electrons. The third kappa shape index (κ3) is 5.14. The van der Waals surface area contributed by atoms with Gasteiger partial charge in [0.25, 0.3) is 0 Å². The first-order valence-corrected chi connectivity index (χ1v) is 14.3. The molecule has 8 aromatic rings. The van der Waals surface area contributed by atoms with Crippen LogP contribution in [0.3, 0.4) is 0 Å². The van der Waals surface area contributed by atoms with E-state index in [1.807, 2.05) is 12.1 Å². The Morgan fingerprint density at radius 1 is 0.333 bits per heavy atom. The van der Waals surface area contributed by atoms with Crippen LogP contribution in [0.2, 0.25) is 0 Å². The van der Waals surface area contributed by atoms with Gasteiger partial charge < -0.3 is 9.97 Å². The highest BCUT2D eigenvalue weighted by Gasteiger charge is 2.09. The number of hydrogen-bond acceptors (Lipinski definition) is 0. The fraction of sp³-hybridized carbons (Fsp3) is 0. The normalized spacial score (nSPS) is 11.6. The van der Waals surface area contributed by atoms with Gasteiger partial charge in [-0.3, -0.25) is 0 Å². The summed E-state index contributed by atoms with van der Waals surface area (Å²) in [7, 11) is 0. The highest BCUT2D eigenvalue weighted by Crippen LogP contribution is 2.32. The molecule has 0 aliphatic carbocycles. The van der Waals surface area contributed by atoms with Crippen LogP contribution in [0.15, 0.2) is 146 Å². The van der Waals surface area contributed by atoms with Gasteiger partial charge in [-0.1, -0.05) is 152 Å². The summed E-state index contributed by atoms with van der Waals surface area (Å²) in [6, 6.07) is 50.5. The quantitative estimate of drug-likeness (QED) is 0.209. The lowest BCUT2D eigenvalue weighted by atomic mass is 10.0. The fourth-order valence-corrected chi connectivity index (χ4v) is 5.57. The summed E-state index contributed by atoms with van der Waals surface area (Å²) in [5, 5.41) is 5.12. The van der Waals surface area contributed by atoms with Crippen LogP contribution >= 0.6 is 0 Å². The highest BCUT2D eigenvalue weighted by atomic mass is 14.7. The van der Waals surface area contributed by atoms with E-state index in [4.69, 9.17) is 0 Å². The average Bonchev–Trinajstić information content (AvgIpc) is 3.63. The summed E-state index contributed by atoms with van der Waals surface area (Å²) in [6.07, 6.45) is 8.77. The molecule has 42 heavy (non-hydrogen) atoms. The monoisotopic (exact) mass is 538 g/mol. The molecule has 2 N–H and O–H groups in total. The van der Waals surface area contributed by atoms with Crippen LogP contribution in [-0.2, 0) is 0 Å². The minimum atomic E-state index is 1.17. The molecule has 0 radical (unpaired) electrons. The molecule has 0 amide bonds. The number of fused-ring (bicyclic) bond motifs is 6. The second-order valence-corrected chi connectivity index (χ2v) is 10.4. The minimum absolute atomic E-state index is 1.17. The zero-order valence-corrected chi connectivity index (χ0v) is 23.2. The maximum absolute atomic E-state index is 3.64. The van der Waals surface area contributed by atoms with E-state index < -0.39 is 0 Å². The molecule has 8 rings (SSSR count). The number of aromatic amines is 2. The molecule has 2 heterocycles. The first-order valence-electron chi connectivity index (χ1n) is 14.3. The van der Waals surface area contributed by atoms with Gasteiger partial charge in [-0.2, -0.15) is 0 Å². The van der Waals surface area contributed by atoms with Crippen molar-refractivity contribution in [2.75, 3.05) is 0 Å². The Bertz CT molecular complexity index is 2130. The van der Waals surface area contributed by atoms with Gasteiger partial charge >= 0.3 is 0 Å². The smallest absolute Gasteiger partial charge is 0.0544 e. The van der Waals surface area contributed by atoms with Crippen LogP contribution in [0.25, 0.3) is 67.9 Å². The molecule has 0 aliphatic rings. The van der Waals surface area contributed by atoms with Gasteiger partial charge in [-0.15, -0.1) is 0 Å². The van der Waals surface area contributed by atoms with Crippen LogP contribution in [-0.4, -0.2) is 9.97 Å². The maximum Gasteiger partial charge on any atom is 0.0544 e. The van der Waals surface area contributed by atoms with E-state index in [2.05, 4.69) is 168 Å². The number of aromatic nitrogens is 2. The van der Waals surface area contributed by atoms with Crippen LogP contribution in [0.4, 0.5) is 0 Å². The van der Waals surface area contributed by atoms with Crippen LogP contribution in [0.5, 0.6) is 0 Å². The first-order chi connectivity index (χ1) is 20.8. The summed E-state index contributed by atoms with van der Waals surface area (Å²) < 4.78 is 0. The lowest BCUT2D eigenvalue weighted by molar-refractivity contribution is 1.52. The second kappa shape index (κ2) is 11.5. The van der Waals surface area contributed by atoms with Gasteiger partial charge in [-0.25, -0.2) is 0 Å². The van der Waals surface area contributed by atoms with Crippen LogP contribution < -0.4 is 0 Å². The third-order valence-electron chi connectivity index (χ3n) is 7.67. The molecule has 2 nitrogen and oxygen atoms in total. The van der Waals surface area contributed by atoms with Gasteiger partial charge in [0.1, 0.15) is 0 Å². The Hall–Kier alpha value is -5.60. The van der Waals surface area contributed by atoms with Crippen molar-refractivity contribution in [3.63, 3.8) is 0 Å². The average molecular weight is 539 g/mol. The van der Waals surface area contributed by atoms with Crippen molar-refractivity contribution in [3.8, 4) is 0 Å². The Morgan fingerprint density at radius 2 is 0.786 bits per heavy atom. The van der Waals surface area contributed by atoms with Crippen molar-refractivity contribution in [1.29, 1.82) is 0 Å². The standard InChI is InChI=1S/C28H21N.C12H9N/c1-3-9-21(10-4-1)15-17-23-18-20-26-25-13-7-8-14-27(25)29-28(26)24(23)19-16-22-11-5-2-6-12-22;1-3-7-11-9(5-1)10-6-2-4-8-12(10)13-11/h1-20,29H;1-8,13H. The molecule has 0 atom stereocenters. The third-order valence-corrected chi connectivity index (χ3v) is 7.67. The van der Waals surface area contributed by atoms with Gasteiger partial charge in [0.05, 0.1) is 5.52 Å². The minimum Gasteiger partial charge on any atom is -0.355 e. The summed E-state index contributed by atoms with van der Waals surface area (Å²) in [4.78, 5) is 7.01. The van der Waals surface area contributed by atoms with E-state index in [-0.39, 0.29) is 0 Å². The number of hydrogen-bond donors (Lipinski definition) is 2. The zero-order valence-electron chi connectivity index (χ0n) is 23.2. The van der Waals surface area contributed by atoms with Gasteiger partial charge in [-0.05, 0) is 34.9 Å². The molecule has 2 aromatic heterocycles. The Kier molecular flexibility index (Phi) is 6.94. The second-order valence-electron chi connectivity index (χ2n) is 10.4. The molecule has 0 fully saturated rings. The Labute approximate surface area is 245 Å². The topological polar surface area (TPSA) is 31.6 Å². The van der Waals surface area contributed by atoms with Crippen LogP contribution in [0, 0.1) is 0 Å². The van der Waals surface area contributed by atoms with Gasteiger partial charge in [0.2, 0.25) is 0 Å². The zero-order chi connectivity index (χ0) is 28.1. The predicted molar refractivity (Wildman–Crippen MR) is 182 cm³/mol. The van der Waals surface area contributed by atoms with Gasteiger partial charge in [0.15, 0.2) is 0 Å². The highest BCUT2D eigenvalue weighted by molar-refractivity contribution is 6.11. The Morgan fingerprint density at radius 3 is 1.36 bits per heavy atom. The van der Waals surface area contributed by atoms with Crippen molar-refractivity contribution in [2.24, 2.45) is 0 Å². The van der Waals surface area contributed by atoms with Crippen molar-refractivity contribution >= 4 is 67.9 Å². The molecule has 0 spiro atoms. The van der Waals surface area contributed by atoms with E-state index in [0.29, 0.717) is 0 Å². The summed E-state index contributed by atoms with van der Waals surface area (Å²) in [5.74, 6) is 0. The van der Waals surface area contributed by atoms with Crippen molar-refractivity contribution in [3.05, 3.63) is 168 Å². The van der Waals surface area contributed by atoms with E-state index in [1.165, 1.54) is 65.9 Å². The fourth-order valence-electron chi connectivity index (χ4n) is 5.57. The largest absolute Gasteiger partial charge is 0.355 e. The van der Waals surface area contributed by atoms with Crippen LogP contribution in [0.1, 0.15) is 22.3 Å². The van der Waals surface area contributed by atoms with E-state index in [1.54, 1.807) is 0 Å². The van der Waals surface area contributed by atoms with E-state index in [0.717, 1.165) is 0 Å². The van der Waals surface area contributed by atoms with Crippen molar-refractivity contribution < 1.29 is 0 Å². The van der Waals surface area contributed by atoms with Crippen molar-refractivity contribution in [2.45, 2.75) is 0 Å².